The molecule has 0 aromatic heterocycles. The Hall–Kier alpha value is -4.50. The number of carbonyl (C=O) groups is 2. The zero-order chi connectivity index (χ0) is 27.1. The van der Waals surface area contributed by atoms with Crippen LogP contribution in [0.15, 0.2) is 157 Å². The van der Waals surface area contributed by atoms with Gasteiger partial charge in [0.25, 0.3) is 5.91 Å². The first-order valence-electron chi connectivity index (χ1n) is 12.6. The van der Waals surface area contributed by atoms with E-state index in [0.717, 1.165) is 21.5 Å². The van der Waals surface area contributed by atoms with Crippen molar-refractivity contribution in [2.75, 3.05) is 0 Å². The Labute approximate surface area is 240 Å². The fraction of sp³-hybridized carbons (Fsp3) is 0. The Morgan fingerprint density at radius 2 is 0.825 bits per heavy atom. The van der Waals surface area contributed by atoms with Crippen molar-refractivity contribution < 1.29 is 27.1 Å². The molecule has 4 nitrogen and oxygen atoms in total. The molecule has 198 valence electrons. The first-order valence-corrected chi connectivity index (χ1v) is 14.4. The van der Waals surface area contributed by atoms with Crippen LogP contribution in [0, 0.1) is 0 Å². The van der Waals surface area contributed by atoms with Crippen molar-refractivity contribution in [3.8, 4) is 0 Å². The number of carboxylic acids is 1. The van der Waals surface area contributed by atoms with Crippen LogP contribution in [0.2, 0.25) is 0 Å². The predicted octanol–water partition coefficient (Wildman–Crippen LogP) is 2.87. The molecule has 0 aliphatic rings. The molecule has 0 radical (unpaired) electrons. The number of carbonyl (C=O) groups excluding carboxylic acids is 1. The number of nitrogens with one attached hydrogen (secondary N) is 1. The zero-order valence-electron chi connectivity index (χ0n) is 21.5. The van der Waals surface area contributed by atoms with Gasteiger partial charge in [-0.05, 0) is 48.5 Å². The largest absolute Gasteiger partial charge is 1.00 e. The van der Waals surface area contributed by atoms with Crippen LogP contribution in [0.3, 0.4) is 0 Å². The van der Waals surface area contributed by atoms with Crippen LogP contribution < -0.4 is 33.6 Å². The van der Waals surface area contributed by atoms with Gasteiger partial charge < -0.3 is 22.8 Å². The van der Waals surface area contributed by atoms with E-state index < -0.39 is 19.1 Å². The third kappa shape index (κ3) is 5.60. The van der Waals surface area contributed by atoms with Gasteiger partial charge in [-0.25, -0.2) is 4.79 Å². The van der Waals surface area contributed by atoms with Crippen molar-refractivity contribution in [2.45, 2.75) is 0 Å². The van der Waals surface area contributed by atoms with Crippen LogP contribution >= 0.6 is 7.26 Å². The molecule has 0 aliphatic carbocycles. The monoisotopic (exact) mass is 563 g/mol. The minimum Gasteiger partial charge on any atom is -1.00 e. The molecule has 0 unspecified atom stereocenters. The molecule has 40 heavy (non-hydrogen) atoms. The number of rotatable bonds is 8. The van der Waals surface area contributed by atoms with Gasteiger partial charge in [-0.2, -0.15) is 0 Å². The molecule has 2 N–H and O–H groups in total. The molecule has 5 rings (SSSR count). The van der Waals surface area contributed by atoms with Gasteiger partial charge in [-0.15, -0.1) is 0 Å². The maximum atomic E-state index is 13.4. The average molecular weight is 564 g/mol. The summed E-state index contributed by atoms with van der Waals surface area (Å²) >= 11 is 0. The van der Waals surface area contributed by atoms with Crippen molar-refractivity contribution >= 4 is 40.4 Å². The maximum Gasteiger partial charge on any atom is 0.356 e. The van der Waals surface area contributed by atoms with Crippen molar-refractivity contribution in [1.82, 2.24) is 5.32 Å². The number of carboxylic acid groups (broad SMARTS) is 1. The van der Waals surface area contributed by atoms with Crippen LogP contribution in [0.4, 0.5) is 0 Å². The summed E-state index contributed by atoms with van der Waals surface area (Å²) in [6, 6.07) is 48.2. The second-order valence-corrected chi connectivity index (χ2v) is 12.2. The Kier molecular flexibility index (Phi) is 9.29. The van der Waals surface area contributed by atoms with Gasteiger partial charge in [-0.3, -0.25) is 4.79 Å². The average Bonchev–Trinajstić information content (AvgIpc) is 3.01. The molecule has 6 heteroatoms. The molecule has 0 spiro atoms. The summed E-state index contributed by atoms with van der Waals surface area (Å²) in [5.74, 6) is -1.68. The van der Waals surface area contributed by atoms with Gasteiger partial charge >= 0.3 is 5.97 Å². The lowest BCUT2D eigenvalue weighted by Crippen LogP contribution is -3.00. The summed E-state index contributed by atoms with van der Waals surface area (Å²) in [6.45, 7) is 0. The van der Waals surface area contributed by atoms with Crippen LogP contribution in [0.25, 0.3) is 5.31 Å². The number of halogens is 1. The third-order valence-corrected chi connectivity index (χ3v) is 10.9. The van der Waals surface area contributed by atoms with E-state index in [1.807, 2.05) is 91.0 Å². The molecule has 0 saturated carbocycles. The Bertz CT molecular complexity index is 1500. The molecular formula is C34H27ClNO3P. The smallest absolute Gasteiger partial charge is 0.356 e. The topological polar surface area (TPSA) is 66.4 Å². The highest BCUT2D eigenvalue weighted by Gasteiger charge is 2.52. The Morgan fingerprint density at radius 1 is 0.500 bits per heavy atom. The maximum absolute atomic E-state index is 13.4. The Morgan fingerprint density at radius 3 is 1.18 bits per heavy atom. The number of amides is 1. The fourth-order valence-corrected chi connectivity index (χ4v) is 9.43. The van der Waals surface area contributed by atoms with Crippen LogP contribution in [0.5, 0.6) is 0 Å². The van der Waals surface area contributed by atoms with Gasteiger partial charge in [0.2, 0.25) is 0 Å². The van der Waals surface area contributed by atoms with Gasteiger partial charge in [0.1, 0.15) is 28.5 Å². The summed E-state index contributed by atoms with van der Waals surface area (Å²) in [5, 5.41) is 17.1. The first kappa shape index (κ1) is 28.5. The molecule has 0 heterocycles. The summed E-state index contributed by atoms with van der Waals surface area (Å²) in [7, 11) is -2.86. The lowest BCUT2D eigenvalue weighted by Gasteiger charge is -2.31. The van der Waals surface area contributed by atoms with Crippen molar-refractivity contribution in [3.63, 3.8) is 0 Å². The molecule has 0 aliphatic heterocycles. The lowest BCUT2D eigenvalue weighted by molar-refractivity contribution is -0.132. The van der Waals surface area contributed by atoms with Crippen molar-refractivity contribution in [3.05, 3.63) is 168 Å². The van der Waals surface area contributed by atoms with Gasteiger partial charge in [0.05, 0.1) is 0 Å². The quantitative estimate of drug-likeness (QED) is 0.225. The molecule has 0 fully saturated rings. The number of aliphatic carboxylic acids is 1. The van der Waals surface area contributed by atoms with E-state index >= 15 is 0 Å². The van der Waals surface area contributed by atoms with Crippen LogP contribution in [-0.4, -0.2) is 17.0 Å². The standard InChI is InChI=1S/C34H26NO3P.ClH/c36-33(27-18-8-2-9-19-27)35-31(34(37)38)32(26-16-6-1-7-17-26)39(28-20-10-3-11-21-28,29-22-12-4-13-23-29)30-24-14-5-15-25-30;/h1-25H,(H-,35,36,37,38);1H/b32-31+;. The number of hydrogen-bond donors (Lipinski definition) is 2. The van der Waals surface area contributed by atoms with Crippen LogP contribution in [0.1, 0.15) is 15.9 Å². The minimum absolute atomic E-state index is 0. The van der Waals surface area contributed by atoms with E-state index in [1.54, 1.807) is 24.3 Å². The summed E-state index contributed by atoms with van der Waals surface area (Å²) < 4.78 is 0. The molecule has 5 aromatic carbocycles. The van der Waals surface area contributed by atoms with E-state index in [4.69, 9.17) is 0 Å². The highest BCUT2D eigenvalue weighted by Crippen LogP contribution is 2.67. The SMILES string of the molecule is O=C(O)/C(NC(=O)c1ccccc1)=C(/c1ccccc1)[P+](c1ccccc1)(c1ccccc1)c1ccccc1.[Cl-]. The number of hydrogen-bond acceptors (Lipinski definition) is 2. The van der Waals surface area contributed by atoms with E-state index in [2.05, 4.69) is 41.7 Å². The van der Waals surface area contributed by atoms with E-state index in [1.165, 1.54) is 0 Å². The molecular weight excluding hydrogens is 537 g/mol. The normalized spacial score (nSPS) is 11.5. The second-order valence-electron chi connectivity index (χ2n) is 8.89. The van der Waals surface area contributed by atoms with Crippen molar-refractivity contribution in [2.24, 2.45) is 0 Å². The van der Waals surface area contributed by atoms with Gasteiger partial charge in [0.15, 0.2) is 5.70 Å². The Balaban J connectivity index is 0.00000370. The molecule has 0 atom stereocenters. The van der Waals surface area contributed by atoms with Crippen LogP contribution in [-0.2, 0) is 4.79 Å². The predicted molar refractivity (Wildman–Crippen MR) is 160 cm³/mol. The first-order chi connectivity index (χ1) is 19.1. The highest BCUT2D eigenvalue weighted by atomic mass is 35.5. The third-order valence-electron chi connectivity index (χ3n) is 6.54. The second kappa shape index (κ2) is 13.0. The van der Waals surface area contributed by atoms with E-state index in [9.17, 15) is 14.7 Å². The summed E-state index contributed by atoms with van der Waals surface area (Å²) in [4.78, 5) is 26.6. The van der Waals surface area contributed by atoms with Crippen molar-refractivity contribution in [1.29, 1.82) is 0 Å². The molecule has 1 amide bonds. The lowest BCUT2D eigenvalue weighted by atomic mass is 10.1. The van der Waals surface area contributed by atoms with Gasteiger partial charge in [-0.1, -0.05) is 103 Å². The highest BCUT2D eigenvalue weighted by molar-refractivity contribution is 8.03. The minimum atomic E-state index is -2.86. The van der Waals surface area contributed by atoms with E-state index in [-0.39, 0.29) is 18.1 Å². The summed E-state index contributed by atoms with van der Waals surface area (Å²) in [6.07, 6.45) is 0. The number of benzene rings is 5. The van der Waals surface area contributed by atoms with Gasteiger partial charge in [0, 0.05) is 11.1 Å². The molecule has 0 saturated heterocycles. The molecule has 5 aromatic rings. The van der Waals surface area contributed by atoms with E-state index in [0.29, 0.717) is 10.9 Å². The molecule has 0 bridgehead atoms. The zero-order valence-corrected chi connectivity index (χ0v) is 23.2. The fourth-order valence-electron chi connectivity index (χ4n) is 4.88. The summed E-state index contributed by atoms with van der Waals surface area (Å²) in [5.41, 5.74) is 0.972.